The molecule has 0 atom stereocenters. The number of alkyl halides is 2. The van der Waals surface area contributed by atoms with Crippen molar-refractivity contribution in [2.45, 2.75) is 19.7 Å². The van der Waals surface area contributed by atoms with Gasteiger partial charge in [0, 0.05) is 18.9 Å². The van der Waals surface area contributed by atoms with E-state index in [0.717, 1.165) is 16.7 Å². The van der Waals surface area contributed by atoms with Gasteiger partial charge in [-0.15, -0.1) is 0 Å². The molecule has 1 aromatic heterocycles. The maximum atomic E-state index is 12.6. The van der Waals surface area contributed by atoms with Crippen LogP contribution in [0, 0.1) is 0 Å². The molecule has 1 N–H and O–H groups in total. The number of nitrogens with zero attached hydrogens (tertiary/aromatic N) is 2. The van der Waals surface area contributed by atoms with Gasteiger partial charge in [0.25, 0.3) is 0 Å². The van der Waals surface area contributed by atoms with E-state index in [9.17, 15) is 8.78 Å². The zero-order chi connectivity index (χ0) is 13.7. The lowest BCUT2D eigenvalue weighted by Crippen LogP contribution is -2.08. The van der Waals surface area contributed by atoms with Crippen LogP contribution in [0.1, 0.15) is 17.9 Å². The average molecular weight is 267 g/mol. The van der Waals surface area contributed by atoms with Gasteiger partial charge in [-0.05, 0) is 24.7 Å². The van der Waals surface area contributed by atoms with Gasteiger partial charge in [-0.25, -0.2) is 4.98 Å². The van der Waals surface area contributed by atoms with Crippen molar-refractivity contribution < 1.29 is 13.5 Å². The van der Waals surface area contributed by atoms with E-state index >= 15 is 0 Å². The topological polar surface area (TPSA) is 39.1 Å². The van der Waals surface area contributed by atoms with Crippen molar-refractivity contribution in [1.82, 2.24) is 14.9 Å². The van der Waals surface area contributed by atoms with E-state index in [0.29, 0.717) is 5.75 Å². The monoisotopic (exact) mass is 267 g/mol. The number of hydrogen-bond acceptors (Lipinski definition) is 3. The molecule has 1 aromatic carbocycles. The molecule has 0 saturated heterocycles. The smallest absolute Gasteiger partial charge is 0.320 e. The van der Waals surface area contributed by atoms with Crippen LogP contribution in [0.5, 0.6) is 5.75 Å². The van der Waals surface area contributed by atoms with Crippen molar-refractivity contribution >= 4 is 0 Å². The van der Waals surface area contributed by atoms with Crippen molar-refractivity contribution in [1.29, 1.82) is 0 Å². The predicted molar refractivity (Wildman–Crippen MR) is 67.0 cm³/mol. The highest BCUT2D eigenvalue weighted by molar-refractivity contribution is 5.28. The molecule has 4 nitrogen and oxygen atoms in total. The largest absolute Gasteiger partial charge is 0.486 e. The summed E-state index contributed by atoms with van der Waals surface area (Å²) in [4.78, 5) is 3.86. The van der Waals surface area contributed by atoms with Gasteiger partial charge >= 0.3 is 6.55 Å². The summed E-state index contributed by atoms with van der Waals surface area (Å²) in [5.41, 5.74) is 1.07. The number of hydrogen-bond donors (Lipinski definition) is 1. The summed E-state index contributed by atoms with van der Waals surface area (Å²) in [6.45, 7) is -1.86. The molecule has 0 radical (unpaired) electrons. The minimum Gasteiger partial charge on any atom is -0.486 e. The summed E-state index contributed by atoms with van der Waals surface area (Å²) >= 11 is 0. The van der Waals surface area contributed by atoms with E-state index in [2.05, 4.69) is 10.3 Å². The molecule has 0 saturated carbocycles. The fourth-order valence-corrected chi connectivity index (χ4v) is 1.73. The summed E-state index contributed by atoms with van der Waals surface area (Å²) < 4.78 is 31.5. The van der Waals surface area contributed by atoms with Crippen molar-refractivity contribution in [2.24, 2.45) is 0 Å². The first-order valence-corrected chi connectivity index (χ1v) is 5.87. The Labute approximate surface area is 110 Å². The molecule has 0 spiro atoms. The molecule has 0 aliphatic rings. The molecule has 0 aliphatic heterocycles. The van der Waals surface area contributed by atoms with Gasteiger partial charge in [0.1, 0.15) is 12.4 Å². The molecule has 6 heteroatoms. The summed E-state index contributed by atoms with van der Waals surface area (Å²) in [6, 6.07) is 7.48. The number of imidazole rings is 1. The average Bonchev–Trinajstić information content (AvgIpc) is 2.86. The standard InChI is InChI=1S/C13H15F2N3O/c1-16-8-10-3-2-4-11(7-10)19-9-12-17-5-6-18(12)13(14)15/h2-7,13,16H,8-9H2,1H3. The van der Waals surface area contributed by atoms with Gasteiger partial charge in [-0.1, -0.05) is 12.1 Å². The maximum absolute atomic E-state index is 12.6. The fraction of sp³-hybridized carbons (Fsp3) is 0.308. The Kier molecular flexibility index (Phi) is 4.46. The fourth-order valence-electron chi connectivity index (χ4n) is 1.73. The highest BCUT2D eigenvalue weighted by Crippen LogP contribution is 2.17. The van der Waals surface area contributed by atoms with Crippen LogP contribution >= 0.6 is 0 Å². The van der Waals surface area contributed by atoms with Crippen LogP contribution in [0.15, 0.2) is 36.7 Å². The lowest BCUT2D eigenvalue weighted by atomic mass is 10.2. The third kappa shape index (κ3) is 3.51. The third-order valence-corrected chi connectivity index (χ3v) is 2.61. The summed E-state index contributed by atoms with van der Waals surface area (Å²) in [5, 5.41) is 3.03. The number of halogens is 2. The van der Waals surface area contributed by atoms with E-state index in [4.69, 9.17) is 4.74 Å². The maximum Gasteiger partial charge on any atom is 0.320 e. The normalized spacial score (nSPS) is 10.9. The molecule has 0 aliphatic carbocycles. The van der Waals surface area contributed by atoms with Crippen LogP contribution in [-0.4, -0.2) is 16.6 Å². The molecule has 0 unspecified atom stereocenters. The van der Waals surface area contributed by atoms with Gasteiger partial charge in [0.15, 0.2) is 5.82 Å². The summed E-state index contributed by atoms with van der Waals surface area (Å²) in [7, 11) is 1.85. The van der Waals surface area contributed by atoms with Crippen molar-refractivity contribution in [2.75, 3.05) is 7.05 Å². The second-order valence-electron chi connectivity index (χ2n) is 3.99. The second-order valence-corrected chi connectivity index (χ2v) is 3.99. The van der Waals surface area contributed by atoms with Crippen molar-refractivity contribution in [3.05, 3.63) is 48.0 Å². The van der Waals surface area contributed by atoms with Crippen LogP contribution < -0.4 is 10.1 Å². The number of aromatic nitrogens is 2. The Morgan fingerprint density at radius 2 is 2.26 bits per heavy atom. The van der Waals surface area contributed by atoms with Crippen LogP contribution in [0.4, 0.5) is 8.78 Å². The third-order valence-electron chi connectivity index (χ3n) is 2.61. The Bertz CT molecular complexity index is 528. The highest BCUT2D eigenvalue weighted by atomic mass is 19.3. The SMILES string of the molecule is CNCc1cccc(OCc2nccn2C(F)F)c1. The van der Waals surface area contributed by atoms with E-state index < -0.39 is 6.55 Å². The molecule has 2 aromatic rings. The van der Waals surface area contributed by atoms with Gasteiger partial charge in [-0.2, -0.15) is 8.78 Å². The Morgan fingerprint density at radius 1 is 1.42 bits per heavy atom. The molecule has 0 bridgehead atoms. The second kappa shape index (κ2) is 6.29. The summed E-state index contributed by atoms with van der Waals surface area (Å²) in [5.74, 6) is 0.839. The highest BCUT2D eigenvalue weighted by Gasteiger charge is 2.11. The lowest BCUT2D eigenvalue weighted by Gasteiger charge is -2.09. The Hall–Kier alpha value is -1.95. The van der Waals surface area contributed by atoms with Crippen molar-refractivity contribution in [3.8, 4) is 5.75 Å². The molecular weight excluding hydrogens is 252 g/mol. The number of rotatable bonds is 6. The van der Waals surface area contributed by atoms with Crippen LogP contribution in [0.25, 0.3) is 0 Å². The molecule has 102 valence electrons. The molecular formula is C13H15F2N3O. The van der Waals surface area contributed by atoms with Crippen LogP contribution in [-0.2, 0) is 13.2 Å². The minimum atomic E-state index is -2.60. The molecule has 0 amide bonds. The molecule has 2 rings (SSSR count). The molecule has 1 heterocycles. The predicted octanol–water partition coefficient (Wildman–Crippen LogP) is 2.58. The van der Waals surface area contributed by atoms with E-state index in [1.165, 1.54) is 12.4 Å². The molecule has 19 heavy (non-hydrogen) atoms. The number of nitrogens with one attached hydrogen (secondary N) is 1. The quantitative estimate of drug-likeness (QED) is 0.874. The number of ether oxygens (including phenoxy) is 1. The van der Waals surface area contributed by atoms with Gasteiger partial charge in [0.2, 0.25) is 0 Å². The minimum absolute atomic E-state index is 0.0142. The van der Waals surface area contributed by atoms with E-state index in [-0.39, 0.29) is 12.4 Å². The van der Waals surface area contributed by atoms with Crippen molar-refractivity contribution in [3.63, 3.8) is 0 Å². The lowest BCUT2D eigenvalue weighted by molar-refractivity contribution is 0.0632. The Morgan fingerprint density at radius 3 is 3.00 bits per heavy atom. The first-order valence-electron chi connectivity index (χ1n) is 5.87. The first kappa shape index (κ1) is 13.5. The van der Waals surface area contributed by atoms with Gasteiger partial charge in [-0.3, -0.25) is 4.57 Å². The van der Waals surface area contributed by atoms with Gasteiger partial charge < -0.3 is 10.1 Å². The van der Waals surface area contributed by atoms with Crippen LogP contribution in [0.3, 0.4) is 0 Å². The van der Waals surface area contributed by atoms with Gasteiger partial charge in [0.05, 0.1) is 0 Å². The zero-order valence-corrected chi connectivity index (χ0v) is 10.5. The Balaban J connectivity index is 2.02. The molecule has 0 fully saturated rings. The first-order chi connectivity index (χ1) is 9.20. The zero-order valence-electron chi connectivity index (χ0n) is 10.5. The van der Waals surface area contributed by atoms with E-state index in [1.807, 2.05) is 25.2 Å². The van der Waals surface area contributed by atoms with E-state index in [1.54, 1.807) is 6.07 Å². The van der Waals surface area contributed by atoms with Crippen LogP contribution in [0.2, 0.25) is 0 Å². The summed E-state index contributed by atoms with van der Waals surface area (Å²) in [6.07, 6.45) is 2.57. The number of benzene rings is 1.